The van der Waals surface area contributed by atoms with Gasteiger partial charge in [0.1, 0.15) is 5.54 Å². The number of nitrogens with one attached hydrogen (secondary N) is 2. The number of aliphatic imine (C=N–C) groups is 1. The van der Waals surface area contributed by atoms with Gasteiger partial charge in [0.25, 0.3) is 5.91 Å². The lowest BCUT2D eigenvalue weighted by molar-refractivity contribution is -0.130. The highest BCUT2D eigenvalue weighted by Gasteiger charge is 2.48. The van der Waals surface area contributed by atoms with Crippen LogP contribution in [0.1, 0.15) is 32.6 Å². The van der Waals surface area contributed by atoms with E-state index in [1.165, 1.54) is 0 Å². The Labute approximate surface area is 95.6 Å². The molecule has 0 radical (unpaired) electrons. The molecule has 1 amide bonds. The van der Waals surface area contributed by atoms with E-state index in [0.717, 1.165) is 25.7 Å². The summed E-state index contributed by atoms with van der Waals surface area (Å²) in [5, 5.41) is 5.97. The molecular formula is C11H19N3O2. The number of ether oxygens (including phenoxy) is 1. The quantitative estimate of drug-likeness (QED) is 0.715. The Bertz CT molecular complexity index is 314. The largest absolute Gasteiger partial charge is 0.378 e. The third kappa shape index (κ3) is 1.91. The molecule has 2 aliphatic heterocycles. The molecule has 2 heterocycles. The molecule has 0 bridgehead atoms. The van der Waals surface area contributed by atoms with Gasteiger partial charge in [0.05, 0.1) is 6.10 Å². The number of nitrogens with zero attached hydrogens (tertiary/aromatic N) is 1. The summed E-state index contributed by atoms with van der Waals surface area (Å²) in [6.45, 7) is 2.77. The second-order valence-corrected chi connectivity index (χ2v) is 4.47. The lowest BCUT2D eigenvalue weighted by atomic mass is 9.85. The summed E-state index contributed by atoms with van der Waals surface area (Å²) in [6.07, 6.45) is 3.74. The first-order valence-electron chi connectivity index (χ1n) is 5.88. The van der Waals surface area contributed by atoms with Crippen LogP contribution in [0.25, 0.3) is 0 Å². The summed E-state index contributed by atoms with van der Waals surface area (Å²) in [7, 11) is 1.67. The summed E-state index contributed by atoms with van der Waals surface area (Å²) in [4.78, 5) is 16.0. The minimum absolute atomic E-state index is 0.0394. The van der Waals surface area contributed by atoms with E-state index in [4.69, 9.17) is 4.74 Å². The standard InChI is InChI=1S/C11H19N3O2/c1-3-4-8-7-11(5-6-16-8)9(15)13-10(12-2)14-11/h8H,3-7H2,1-2H3,(H2,12,13,14,15). The van der Waals surface area contributed by atoms with E-state index < -0.39 is 5.54 Å². The van der Waals surface area contributed by atoms with Gasteiger partial charge in [-0.15, -0.1) is 0 Å². The molecule has 0 aromatic heterocycles. The Kier molecular flexibility index (Phi) is 3.14. The molecular weight excluding hydrogens is 206 g/mol. The Hall–Kier alpha value is -1.10. The molecule has 2 saturated heterocycles. The molecule has 2 N–H and O–H groups in total. The minimum atomic E-state index is -0.479. The molecule has 2 unspecified atom stereocenters. The normalized spacial score (nSPS) is 36.5. The molecule has 0 aliphatic carbocycles. The van der Waals surface area contributed by atoms with Crippen LogP contribution in [-0.2, 0) is 9.53 Å². The van der Waals surface area contributed by atoms with Gasteiger partial charge in [0, 0.05) is 26.5 Å². The Morgan fingerprint density at radius 3 is 3.06 bits per heavy atom. The predicted molar refractivity (Wildman–Crippen MR) is 61.3 cm³/mol. The number of rotatable bonds is 2. The number of carbonyl (C=O) groups excluding carboxylic acids is 1. The van der Waals surface area contributed by atoms with Crippen molar-refractivity contribution in [3.8, 4) is 0 Å². The molecule has 0 saturated carbocycles. The number of amides is 1. The van der Waals surface area contributed by atoms with E-state index >= 15 is 0 Å². The van der Waals surface area contributed by atoms with Crippen LogP contribution < -0.4 is 10.6 Å². The fourth-order valence-corrected chi connectivity index (χ4v) is 2.43. The zero-order chi connectivity index (χ0) is 11.6. The average molecular weight is 225 g/mol. The van der Waals surface area contributed by atoms with Crippen molar-refractivity contribution >= 4 is 11.9 Å². The first-order chi connectivity index (χ1) is 7.70. The maximum absolute atomic E-state index is 12.0. The highest BCUT2D eigenvalue weighted by Crippen LogP contribution is 2.29. The fourth-order valence-electron chi connectivity index (χ4n) is 2.43. The molecule has 5 heteroatoms. The van der Waals surface area contributed by atoms with Gasteiger partial charge in [-0.1, -0.05) is 13.3 Å². The molecule has 90 valence electrons. The van der Waals surface area contributed by atoms with Crippen molar-refractivity contribution in [3.05, 3.63) is 0 Å². The summed E-state index contributed by atoms with van der Waals surface area (Å²) in [5.74, 6) is 0.625. The van der Waals surface area contributed by atoms with Gasteiger partial charge in [-0.25, -0.2) is 0 Å². The highest BCUT2D eigenvalue weighted by molar-refractivity contribution is 6.09. The number of hydrogen-bond acceptors (Lipinski definition) is 3. The van der Waals surface area contributed by atoms with Gasteiger partial charge >= 0.3 is 0 Å². The lowest BCUT2D eigenvalue weighted by Gasteiger charge is -2.35. The van der Waals surface area contributed by atoms with Crippen molar-refractivity contribution in [2.75, 3.05) is 13.7 Å². The van der Waals surface area contributed by atoms with Crippen molar-refractivity contribution in [2.24, 2.45) is 4.99 Å². The zero-order valence-corrected chi connectivity index (χ0v) is 9.88. The van der Waals surface area contributed by atoms with Crippen LogP contribution in [-0.4, -0.2) is 37.2 Å². The van der Waals surface area contributed by atoms with Crippen LogP contribution in [0.3, 0.4) is 0 Å². The first-order valence-corrected chi connectivity index (χ1v) is 5.88. The molecule has 2 aliphatic rings. The molecule has 5 nitrogen and oxygen atoms in total. The van der Waals surface area contributed by atoms with Crippen molar-refractivity contribution in [2.45, 2.75) is 44.2 Å². The van der Waals surface area contributed by atoms with Crippen molar-refractivity contribution in [1.29, 1.82) is 0 Å². The minimum Gasteiger partial charge on any atom is -0.378 e. The van der Waals surface area contributed by atoms with Gasteiger partial charge in [-0.05, 0) is 6.42 Å². The van der Waals surface area contributed by atoms with Crippen LogP contribution in [0.2, 0.25) is 0 Å². The number of carbonyl (C=O) groups is 1. The first kappa shape index (κ1) is 11.4. The summed E-state index contributed by atoms with van der Waals surface area (Å²) in [6, 6.07) is 0. The van der Waals surface area contributed by atoms with Gasteiger partial charge in [-0.3, -0.25) is 15.1 Å². The summed E-state index contributed by atoms with van der Waals surface area (Å²) >= 11 is 0. The summed E-state index contributed by atoms with van der Waals surface area (Å²) in [5.41, 5.74) is -0.479. The van der Waals surface area contributed by atoms with Crippen LogP contribution >= 0.6 is 0 Å². The van der Waals surface area contributed by atoms with Crippen LogP contribution in [0, 0.1) is 0 Å². The van der Waals surface area contributed by atoms with Crippen LogP contribution in [0.5, 0.6) is 0 Å². The Morgan fingerprint density at radius 1 is 1.62 bits per heavy atom. The van der Waals surface area contributed by atoms with Crippen LogP contribution in [0.4, 0.5) is 0 Å². The van der Waals surface area contributed by atoms with Crippen LogP contribution in [0.15, 0.2) is 4.99 Å². The molecule has 0 aromatic rings. The van der Waals surface area contributed by atoms with Gasteiger partial charge in [-0.2, -0.15) is 0 Å². The van der Waals surface area contributed by atoms with Crippen molar-refractivity contribution in [3.63, 3.8) is 0 Å². The van der Waals surface area contributed by atoms with Gasteiger partial charge in [0.2, 0.25) is 0 Å². The maximum Gasteiger partial charge on any atom is 0.252 e. The van der Waals surface area contributed by atoms with E-state index in [0.29, 0.717) is 12.6 Å². The molecule has 2 rings (SSSR count). The molecule has 0 aromatic carbocycles. The Morgan fingerprint density at radius 2 is 2.44 bits per heavy atom. The van der Waals surface area contributed by atoms with E-state index in [9.17, 15) is 4.79 Å². The fraction of sp³-hybridized carbons (Fsp3) is 0.818. The zero-order valence-electron chi connectivity index (χ0n) is 9.88. The number of guanidine groups is 1. The molecule has 16 heavy (non-hydrogen) atoms. The van der Waals surface area contributed by atoms with Crippen molar-refractivity contribution in [1.82, 2.24) is 10.6 Å². The topological polar surface area (TPSA) is 62.7 Å². The molecule has 1 spiro atoms. The second-order valence-electron chi connectivity index (χ2n) is 4.47. The molecule has 2 fully saturated rings. The summed E-state index contributed by atoms with van der Waals surface area (Å²) < 4.78 is 5.66. The highest BCUT2D eigenvalue weighted by atomic mass is 16.5. The Balaban J connectivity index is 2.10. The average Bonchev–Trinajstić information content (AvgIpc) is 2.57. The van der Waals surface area contributed by atoms with E-state index in [2.05, 4.69) is 22.5 Å². The number of hydrogen-bond donors (Lipinski definition) is 2. The maximum atomic E-state index is 12.0. The van der Waals surface area contributed by atoms with Gasteiger partial charge < -0.3 is 10.1 Å². The second kappa shape index (κ2) is 4.41. The lowest BCUT2D eigenvalue weighted by Crippen LogP contribution is -2.53. The SMILES string of the molecule is CCCC1CC2(CCO1)NC(=NC)NC2=O. The smallest absolute Gasteiger partial charge is 0.252 e. The van der Waals surface area contributed by atoms with Gasteiger partial charge in [0.15, 0.2) is 5.96 Å². The monoisotopic (exact) mass is 225 g/mol. The van der Waals surface area contributed by atoms with E-state index in [1.807, 2.05) is 0 Å². The molecule has 2 atom stereocenters. The third-order valence-corrected chi connectivity index (χ3v) is 3.32. The van der Waals surface area contributed by atoms with E-state index in [1.54, 1.807) is 7.05 Å². The predicted octanol–water partition coefficient (Wildman–Crippen LogP) is 0.409. The van der Waals surface area contributed by atoms with E-state index in [-0.39, 0.29) is 12.0 Å². The third-order valence-electron chi connectivity index (χ3n) is 3.32. The van der Waals surface area contributed by atoms with Crippen molar-refractivity contribution < 1.29 is 9.53 Å².